The fraction of sp³-hybridized carbons (Fsp3) is 0.400. The molecule has 0 bridgehead atoms. The molecule has 1 aromatic rings. The van der Waals surface area contributed by atoms with Gasteiger partial charge in [0.05, 0.1) is 0 Å². The van der Waals surface area contributed by atoms with Crippen LogP contribution < -0.4 is 10.6 Å². The van der Waals surface area contributed by atoms with Crippen molar-refractivity contribution in [3.8, 4) is 0 Å². The number of carbonyl (C=O) groups is 2. The second kappa shape index (κ2) is 7.34. The SMILES string of the molecule is O=C(CCCl)NCCNC(=O)c1ccc(Br)o1. The van der Waals surface area contributed by atoms with Crippen molar-refractivity contribution in [1.29, 1.82) is 0 Å². The largest absolute Gasteiger partial charge is 0.444 e. The van der Waals surface area contributed by atoms with Crippen LogP contribution in [0.2, 0.25) is 0 Å². The van der Waals surface area contributed by atoms with Gasteiger partial charge >= 0.3 is 0 Å². The van der Waals surface area contributed by atoms with Gasteiger partial charge in [-0.3, -0.25) is 9.59 Å². The van der Waals surface area contributed by atoms with Crippen LogP contribution in [0.25, 0.3) is 0 Å². The van der Waals surface area contributed by atoms with E-state index in [2.05, 4.69) is 26.6 Å². The van der Waals surface area contributed by atoms with Crippen LogP contribution in [-0.4, -0.2) is 30.8 Å². The maximum atomic E-state index is 11.5. The van der Waals surface area contributed by atoms with Crippen molar-refractivity contribution >= 4 is 39.3 Å². The number of halogens is 2. The highest BCUT2D eigenvalue weighted by molar-refractivity contribution is 9.10. The normalized spacial score (nSPS) is 10.0. The van der Waals surface area contributed by atoms with Gasteiger partial charge in [-0.05, 0) is 28.1 Å². The summed E-state index contributed by atoms with van der Waals surface area (Å²) < 4.78 is 5.56. The first-order valence-corrected chi connectivity index (χ1v) is 6.32. The van der Waals surface area contributed by atoms with E-state index in [1.54, 1.807) is 12.1 Å². The van der Waals surface area contributed by atoms with Crippen LogP contribution >= 0.6 is 27.5 Å². The Morgan fingerprint density at radius 1 is 1.29 bits per heavy atom. The Morgan fingerprint density at radius 2 is 2.00 bits per heavy atom. The quantitative estimate of drug-likeness (QED) is 0.616. The van der Waals surface area contributed by atoms with Gasteiger partial charge in [-0.1, -0.05) is 0 Å². The summed E-state index contributed by atoms with van der Waals surface area (Å²) in [7, 11) is 0. The van der Waals surface area contributed by atoms with Gasteiger partial charge in [0.15, 0.2) is 10.4 Å². The van der Waals surface area contributed by atoms with Crippen molar-refractivity contribution in [2.45, 2.75) is 6.42 Å². The standard InChI is InChI=1S/C10H12BrClN2O3/c11-8-2-1-7(17-8)10(16)14-6-5-13-9(15)3-4-12/h1-2H,3-6H2,(H,13,15)(H,14,16). The summed E-state index contributed by atoms with van der Waals surface area (Å²) in [5, 5.41) is 5.23. The predicted octanol–water partition coefficient (Wildman–Crippen LogP) is 1.52. The summed E-state index contributed by atoms with van der Waals surface area (Å²) >= 11 is 8.50. The highest BCUT2D eigenvalue weighted by atomic mass is 79.9. The number of furan rings is 1. The number of hydrogen-bond donors (Lipinski definition) is 2. The smallest absolute Gasteiger partial charge is 0.287 e. The van der Waals surface area contributed by atoms with Gasteiger partial charge in [-0.2, -0.15) is 0 Å². The minimum Gasteiger partial charge on any atom is -0.444 e. The Hall–Kier alpha value is -1.01. The third-order valence-corrected chi connectivity index (χ3v) is 2.47. The molecule has 1 heterocycles. The first kappa shape index (κ1) is 14.1. The number of nitrogens with one attached hydrogen (secondary N) is 2. The average Bonchev–Trinajstić information content (AvgIpc) is 2.71. The third-order valence-electron chi connectivity index (χ3n) is 1.85. The molecule has 0 spiro atoms. The number of rotatable bonds is 6. The second-order valence-corrected chi connectivity index (χ2v) is 4.31. The van der Waals surface area contributed by atoms with Crippen molar-refractivity contribution in [3.05, 3.63) is 22.6 Å². The van der Waals surface area contributed by atoms with E-state index in [0.717, 1.165) is 0 Å². The molecule has 17 heavy (non-hydrogen) atoms. The Kier molecular flexibility index (Phi) is 6.07. The maximum Gasteiger partial charge on any atom is 0.287 e. The molecule has 0 aliphatic heterocycles. The van der Waals surface area contributed by atoms with Crippen molar-refractivity contribution in [3.63, 3.8) is 0 Å². The molecule has 2 N–H and O–H groups in total. The van der Waals surface area contributed by atoms with Gasteiger partial charge in [0.25, 0.3) is 5.91 Å². The van der Waals surface area contributed by atoms with Crippen LogP contribution in [0.3, 0.4) is 0 Å². The van der Waals surface area contributed by atoms with Crippen molar-refractivity contribution in [2.75, 3.05) is 19.0 Å². The molecule has 0 aliphatic carbocycles. The van der Waals surface area contributed by atoms with E-state index in [4.69, 9.17) is 16.0 Å². The third kappa shape index (κ3) is 5.23. The van der Waals surface area contributed by atoms with Gasteiger partial charge in [0.1, 0.15) is 0 Å². The Morgan fingerprint density at radius 3 is 2.59 bits per heavy atom. The zero-order chi connectivity index (χ0) is 12.7. The van der Waals surface area contributed by atoms with Crippen molar-refractivity contribution in [1.82, 2.24) is 10.6 Å². The lowest BCUT2D eigenvalue weighted by Gasteiger charge is -2.04. The molecular formula is C10H12BrClN2O3. The summed E-state index contributed by atoms with van der Waals surface area (Å²) in [6.45, 7) is 0.703. The number of alkyl halides is 1. The lowest BCUT2D eigenvalue weighted by atomic mass is 10.4. The Balaban J connectivity index is 2.19. The summed E-state index contributed by atoms with van der Waals surface area (Å²) in [4.78, 5) is 22.5. The number of hydrogen-bond acceptors (Lipinski definition) is 3. The fourth-order valence-corrected chi connectivity index (χ4v) is 1.55. The van der Waals surface area contributed by atoms with Crippen LogP contribution in [0.1, 0.15) is 17.0 Å². The molecule has 1 rings (SSSR count). The van der Waals surface area contributed by atoms with E-state index in [9.17, 15) is 9.59 Å². The second-order valence-electron chi connectivity index (χ2n) is 3.15. The van der Waals surface area contributed by atoms with Gasteiger partial charge in [0.2, 0.25) is 5.91 Å². The monoisotopic (exact) mass is 322 g/mol. The molecule has 94 valence electrons. The van der Waals surface area contributed by atoms with Crippen LogP contribution in [0, 0.1) is 0 Å². The molecule has 2 amide bonds. The van der Waals surface area contributed by atoms with Gasteiger partial charge in [-0.15, -0.1) is 11.6 Å². The Labute approximate surface area is 112 Å². The van der Waals surface area contributed by atoms with Gasteiger partial charge in [-0.25, -0.2) is 0 Å². The summed E-state index contributed by atoms with van der Waals surface area (Å²) in [5.74, 6) is 0.0692. The molecule has 0 saturated carbocycles. The maximum absolute atomic E-state index is 11.5. The molecule has 0 unspecified atom stereocenters. The summed E-state index contributed by atoms with van der Waals surface area (Å²) in [6, 6.07) is 3.20. The minimum absolute atomic E-state index is 0.130. The van der Waals surface area contributed by atoms with E-state index in [-0.39, 0.29) is 24.0 Å². The van der Waals surface area contributed by atoms with Crippen molar-refractivity contribution in [2.24, 2.45) is 0 Å². The molecule has 0 radical (unpaired) electrons. The number of amides is 2. The molecule has 0 aliphatic rings. The molecule has 0 aromatic carbocycles. The highest BCUT2D eigenvalue weighted by Gasteiger charge is 2.09. The van der Waals surface area contributed by atoms with E-state index in [1.165, 1.54) is 0 Å². The Bertz CT molecular complexity index is 395. The average molecular weight is 324 g/mol. The predicted molar refractivity (Wildman–Crippen MR) is 67.1 cm³/mol. The zero-order valence-electron chi connectivity index (χ0n) is 8.96. The molecule has 0 saturated heterocycles. The highest BCUT2D eigenvalue weighted by Crippen LogP contribution is 2.13. The van der Waals surface area contributed by atoms with E-state index in [0.29, 0.717) is 23.6 Å². The summed E-state index contributed by atoms with van der Waals surface area (Å²) in [5.41, 5.74) is 0. The number of carbonyl (C=O) groups excluding carboxylic acids is 2. The van der Waals surface area contributed by atoms with E-state index >= 15 is 0 Å². The molecule has 0 atom stereocenters. The lowest BCUT2D eigenvalue weighted by molar-refractivity contribution is -0.120. The molecule has 7 heteroatoms. The van der Waals surface area contributed by atoms with Crippen molar-refractivity contribution < 1.29 is 14.0 Å². The van der Waals surface area contributed by atoms with Gasteiger partial charge < -0.3 is 15.1 Å². The lowest BCUT2D eigenvalue weighted by Crippen LogP contribution is -2.34. The molecule has 0 fully saturated rings. The topological polar surface area (TPSA) is 71.3 Å². The minimum atomic E-state index is -0.317. The zero-order valence-corrected chi connectivity index (χ0v) is 11.3. The summed E-state index contributed by atoms with van der Waals surface area (Å²) in [6.07, 6.45) is 0.278. The van der Waals surface area contributed by atoms with Gasteiger partial charge in [0, 0.05) is 25.4 Å². The van der Waals surface area contributed by atoms with Crippen LogP contribution in [0.15, 0.2) is 21.2 Å². The fourth-order valence-electron chi connectivity index (χ4n) is 1.08. The van der Waals surface area contributed by atoms with E-state index < -0.39 is 0 Å². The van der Waals surface area contributed by atoms with E-state index in [1.807, 2.05) is 0 Å². The molecule has 1 aromatic heterocycles. The molecule has 5 nitrogen and oxygen atoms in total. The molecular weight excluding hydrogens is 311 g/mol. The van der Waals surface area contributed by atoms with Crippen LogP contribution in [0.4, 0.5) is 0 Å². The van der Waals surface area contributed by atoms with Crippen LogP contribution in [0.5, 0.6) is 0 Å². The first-order valence-electron chi connectivity index (χ1n) is 4.99. The first-order chi connectivity index (χ1) is 8.13. The van der Waals surface area contributed by atoms with Crippen LogP contribution in [-0.2, 0) is 4.79 Å².